The molecule has 1 aromatic carbocycles. The first-order valence-corrected chi connectivity index (χ1v) is 12.9. The zero-order valence-corrected chi connectivity index (χ0v) is 20.5. The average molecular weight is 515 g/mol. The van der Waals surface area contributed by atoms with Crippen LogP contribution in [0.25, 0.3) is 11.3 Å². The van der Waals surface area contributed by atoms with Crippen LogP contribution < -0.4 is 20.9 Å². The summed E-state index contributed by atoms with van der Waals surface area (Å²) in [5, 5.41) is 5.21. The summed E-state index contributed by atoms with van der Waals surface area (Å²) in [6, 6.07) is 2.19. The normalized spacial score (nSPS) is 18.4. The van der Waals surface area contributed by atoms with E-state index in [4.69, 9.17) is 11.6 Å². The predicted octanol–water partition coefficient (Wildman–Crippen LogP) is 2.32. The number of urea groups is 1. The zero-order chi connectivity index (χ0) is 24.9. The Labute approximate surface area is 202 Å². The molecule has 1 aliphatic carbocycles. The van der Waals surface area contributed by atoms with E-state index >= 15 is 0 Å². The lowest BCUT2D eigenvalue weighted by Crippen LogP contribution is -2.47. The Morgan fingerprint density at radius 3 is 2.74 bits per heavy atom. The third-order valence-electron chi connectivity index (χ3n) is 5.50. The van der Waals surface area contributed by atoms with Crippen molar-refractivity contribution in [1.29, 1.82) is 0 Å². The molecule has 0 radical (unpaired) electrons. The van der Waals surface area contributed by atoms with Crippen LogP contribution in [-0.2, 0) is 17.1 Å². The van der Waals surface area contributed by atoms with Crippen LogP contribution in [0.15, 0.2) is 24.7 Å². The Kier molecular flexibility index (Phi) is 8.50. The number of amides is 3. The van der Waals surface area contributed by atoms with Crippen molar-refractivity contribution in [3.63, 3.8) is 0 Å². The van der Waals surface area contributed by atoms with E-state index in [2.05, 4.69) is 21.0 Å². The molecule has 3 rings (SSSR count). The highest BCUT2D eigenvalue weighted by atomic mass is 35.5. The first-order valence-electron chi connectivity index (χ1n) is 10.9. The van der Waals surface area contributed by atoms with Gasteiger partial charge in [-0.2, -0.15) is 0 Å². The van der Waals surface area contributed by atoms with Gasteiger partial charge < -0.3 is 15.2 Å². The molecule has 0 aliphatic heterocycles. The molecule has 2 atom stereocenters. The standard InChI is InChI=1S/C21H28ClFN6O4S/c1-3-24-21(31)26-15-6-4-5-13(7-15)11-34(32,33)28-27-20(30)16-8-14(9-17(22)19(16)23)18-10-29(2)12-25-18/h8-10,12-13,15,28H,3-7,11H2,1-2H3,(H,27,30)(H2,24,26,31)/t13-,15-/m0/s1. The molecule has 34 heavy (non-hydrogen) atoms. The largest absolute Gasteiger partial charge is 0.340 e. The quantitative estimate of drug-likeness (QED) is 0.401. The van der Waals surface area contributed by atoms with Crippen LogP contribution >= 0.6 is 11.6 Å². The molecular weight excluding hydrogens is 487 g/mol. The number of imidazole rings is 1. The molecule has 10 nitrogen and oxygen atoms in total. The summed E-state index contributed by atoms with van der Waals surface area (Å²) in [4.78, 5) is 30.5. The van der Waals surface area contributed by atoms with Crippen molar-refractivity contribution in [1.82, 2.24) is 30.4 Å². The van der Waals surface area contributed by atoms with Crippen LogP contribution in [0, 0.1) is 11.7 Å². The van der Waals surface area contributed by atoms with Gasteiger partial charge in [0.2, 0.25) is 10.0 Å². The van der Waals surface area contributed by atoms with Gasteiger partial charge in [0.25, 0.3) is 5.91 Å². The van der Waals surface area contributed by atoms with Crippen molar-refractivity contribution in [3.8, 4) is 11.3 Å². The first-order chi connectivity index (χ1) is 16.1. The predicted molar refractivity (Wildman–Crippen MR) is 126 cm³/mol. The Morgan fingerprint density at radius 1 is 1.29 bits per heavy atom. The van der Waals surface area contributed by atoms with E-state index in [1.807, 2.05) is 11.8 Å². The van der Waals surface area contributed by atoms with Gasteiger partial charge in [-0.3, -0.25) is 10.2 Å². The van der Waals surface area contributed by atoms with E-state index in [0.717, 1.165) is 12.8 Å². The van der Waals surface area contributed by atoms with Crippen LogP contribution in [0.2, 0.25) is 5.02 Å². The lowest BCUT2D eigenvalue weighted by atomic mass is 9.87. The number of benzene rings is 1. The van der Waals surface area contributed by atoms with Gasteiger partial charge in [0, 0.05) is 31.4 Å². The van der Waals surface area contributed by atoms with Crippen LogP contribution in [-0.4, -0.2) is 48.2 Å². The number of carbonyl (C=O) groups is 2. The minimum absolute atomic E-state index is 0.124. The zero-order valence-electron chi connectivity index (χ0n) is 18.9. The van der Waals surface area contributed by atoms with Gasteiger partial charge in [0.15, 0.2) is 5.82 Å². The lowest BCUT2D eigenvalue weighted by molar-refractivity contribution is 0.0941. The molecule has 0 unspecified atom stereocenters. The van der Waals surface area contributed by atoms with E-state index in [-0.39, 0.29) is 28.8 Å². The highest BCUT2D eigenvalue weighted by Gasteiger charge is 2.28. The number of carbonyl (C=O) groups excluding carboxylic acids is 2. The maximum Gasteiger partial charge on any atom is 0.314 e. The van der Waals surface area contributed by atoms with E-state index < -0.39 is 27.3 Å². The Balaban J connectivity index is 1.61. The molecule has 4 N–H and O–H groups in total. The first kappa shape index (κ1) is 25.9. The Morgan fingerprint density at radius 2 is 2.06 bits per heavy atom. The highest BCUT2D eigenvalue weighted by Crippen LogP contribution is 2.27. The lowest BCUT2D eigenvalue weighted by Gasteiger charge is -2.29. The molecule has 1 saturated carbocycles. The molecule has 1 aromatic heterocycles. The minimum Gasteiger partial charge on any atom is -0.340 e. The van der Waals surface area contributed by atoms with Gasteiger partial charge in [0.05, 0.1) is 28.4 Å². The maximum atomic E-state index is 14.5. The molecule has 0 bridgehead atoms. The topological polar surface area (TPSA) is 134 Å². The number of nitrogens with one attached hydrogen (secondary N) is 4. The van der Waals surface area contributed by atoms with Crippen molar-refractivity contribution in [2.45, 2.75) is 38.6 Å². The van der Waals surface area contributed by atoms with Crippen LogP contribution in [0.3, 0.4) is 0 Å². The van der Waals surface area contributed by atoms with Gasteiger partial charge in [-0.25, -0.2) is 22.6 Å². The second-order valence-corrected chi connectivity index (χ2v) is 10.5. The molecule has 1 fully saturated rings. The van der Waals surface area contributed by atoms with E-state index in [0.29, 0.717) is 30.6 Å². The van der Waals surface area contributed by atoms with Crippen molar-refractivity contribution >= 4 is 33.6 Å². The van der Waals surface area contributed by atoms with Gasteiger partial charge >= 0.3 is 6.03 Å². The van der Waals surface area contributed by atoms with Crippen LogP contribution in [0.4, 0.5) is 9.18 Å². The number of aryl methyl sites for hydroxylation is 1. The van der Waals surface area contributed by atoms with Gasteiger partial charge in [-0.1, -0.05) is 18.0 Å². The summed E-state index contributed by atoms with van der Waals surface area (Å²) < 4.78 is 41.3. The number of sulfonamides is 1. The number of hydrazine groups is 1. The summed E-state index contributed by atoms with van der Waals surface area (Å²) in [6.45, 7) is 2.31. The number of hydrogen-bond acceptors (Lipinski definition) is 5. The molecule has 2 aromatic rings. The summed E-state index contributed by atoms with van der Waals surface area (Å²) in [7, 11) is -2.15. The van der Waals surface area contributed by atoms with Crippen molar-refractivity contribution in [2.24, 2.45) is 13.0 Å². The maximum absolute atomic E-state index is 14.5. The van der Waals surface area contributed by atoms with Gasteiger partial charge in [0.1, 0.15) is 0 Å². The molecule has 0 spiro atoms. The molecule has 1 aliphatic rings. The molecule has 3 amide bonds. The second kappa shape index (κ2) is 11.2. The number of hydrogen-bond donors (Lipinski definition) is 4. The fourth-order valence-corrected chi connectivity index (χ4v) is 5.45. The van der Waals surface area contributed by atoms with Crippen molar-refractivity contribution in [2.75, 3.05) is 12.3 Å². The second-order valence-electron chi connectivity index (χ2n) is 8.31. The Hall–Kier alpha value is -2.70. The summed E-state index contributed by atoms with van der Waals surface area (Å²) in [6.07, 6.45) is 5.94. The average Bonchev–Trinajstić information content (AvgIpc) is 3.20. The van der Waals surface area contributed by atoms with Crippen LogP contribution in [0.5, 0.6) is 0 Å². The van der Waals surface area contributed by atoms with Gasteiger partial charge in [-0.05, 0) is 44.2 Å². The van der Waals surface area contributed by atoms with E-state index in [1.54, 1.807) is 24.1 Å². The molecule has 13 heteroatoms. The number of rotatable bonds is 8. The van der Waals surface area contributed by atoms with Crippen LogP contribution in [0.1, 0.15) is 43.0 Å². The van der Waals surface area contributed by atoms with Gasteiger partial charge in [-0.15, -0.1) is 4.83 Å². The number of nitrogens with zero attached hydrogens (tertiary/aromatic N) is 2. The summed E-state index contributed by atoms with van der Waals surface area (Å²) >= 11 is 5.95. The molecular formula is C21H28ClFN6O4S. The number of aromatic nitrogens is 2. The molecule has 186 valence electrons. The fourth-order valence-electron chi connectivity index (χ4n) is 3.98. The highest BCUT2D eigenvalue weighted by molar-refractivity contribution is 7.89. The molecule has 1 heterocycles. The monoisotopic (exact) mass is 514 g/mol. The van der Waals surface area contributed by atoms with Crippen molar-refractivity contribution in [3.05, 3.63) is 41.1 Å². The number of halogens is 2. The van der Waals surface area contributed by atoms with E-state index in [1.165, 1.54) is 12.1 Å². The van der Waals surface area contributed by atoms with Crippen molar-refractivity contribution < 1.29 is 22.4 Å². The smallest absolute Gasteiger partial charge is 0.314 e. The Bertz CT molecular complexity index is 1160. The fraction of sp³-hybridized carbons (Fsp3) is 0.476. The summed E-state index contributed by atoms with van der Waals surface area (Å²) in [5.74, 6) is -2.39. The molecule has 0 saturated heterocycles. The summed E-state index contributed by atoms with van der Waals surface area (Å²) in [5.41, 5.74) is 2.53. The third kappa shape index (κ3) is 6.90. The van der Waals surface area contributed by atoms with E-state index in [9.17, 15) is 22.4 Å². The third-order valence-corrected chi connectivity index (χ3v) is 7.10. The minimum atomic E-state index is -3.91. The SMILES string of the molecule is CCNC(=O)N[C@H]1CCC[C@H](CS(=O)(=O)NNC(=O)c2cc(-c3cn(C)cn3)cc(Cl)c2F)C1.